The summed E-state index contributed by atoms with van der Waals surface area (Å²) in [6.07, 6.45) is 2.02. The molecular formula is C26H23N3O3. The lowest BCUT2D eigenvalue weighted by Gasteiger charge is -2.14. The van der Waals surface area contributed by atoms with Crippen LogP contribution in [0, 0.1) is 11.8 Å². The number of Topliss-reactive ketones (excluding diaryl/α,β-unsaturated/α-hetero) is 1. The molecule has 0 amide bonds. The van der Waals surface area contributed by atoms with E-state index in [1.54, 1.807) is 12.1 Å². The van der Waals surface area contributed by atoms with Crippen LogP contribution in [-0.4, -0.2) is 26.8 Å². The maximum Gasteiger partial charge on any atom is 0.307 e. The second kappa shape index (κ2) is 8.30. The molecule has 0 bridgehead atoms. The Morgan fingerprint density at radius 1 is 0.875 bits per heavy atom. The molecule has 32 heavy (non-hydrogen) atoms. The summed E-state index contributed by atoms with van der Waals surface area (Å²) in [5.74, 6) is -1.22. The van der Waals surface area contributed by atoms with Crippen LogP contribution in [-0.2, 0) is 4.79 Å². The third-order valence-corrected chi connectivity index (χ3v) is 6.21. The average molecular weight is 425 g/mol. The number of ketones is 1. The molecule has 1 saturated carbocycles. The first-order valence-electron chi connectivity index (χ1n) is 10.8. The zero-order valence-electron chi connectivity index (χ0n) is 17.4. The normalized spacial score (nSPS) is 18.0. The van der Waals surface area contributed by atoms with Gasteiger partial charge in [-0.3, -0.25) is 9.59 Å². The number of anilines is 2. The Hall–Kier alpha value is -3.93. The Balaban J connectivity index is 1.29. The van der Waals surface area contributed by atoms with Gasteiger partial charge in [0.25, 0.3) is 0 Å². The number of carboxylic acid groups (broad SMARTS) is 1. The second-order valence-corrected chi connectivity index (χ2v) is 8.23. The number of para-hydroxylation sites is 2. The van der Waals surface area contributed by atoms with Crippen molar-refractivity contribution in [1.82, 2.24) is 9.97 Å². The molecule has 2 atom stereocenters. The van der Waals surface area contributed by atoms with Crippen molar-refractivity contribution in [2.24, 2.45) is 11.8 Å². The van der Waals surface area contributed by atoms with E-state index < -0.39 is 17.8 Å². The summed E-state index contributed by atoms with van der Waals surface area (Å²) in [4.78, 5) is 32.0. The predicted molar refractivity (Wildman–Crippen MR) is 124 cm³/mol. The number of carbonyl (C=O) groups is 2. The van der Waals surface area contributed by atoms with Crippen molar-refractivity contribution < 1.29 is 14.7 Å². The lowest BCUT2D eigenvalue weighted by Crippen LogP contribution is -2.25. The molecule has 1 heterocycles. The van der Waals surface area contributed by atoms with Crippen LogP contribution in [0.5, 0.6) is 0 Å². The monoisotopic (exact) mass is 425 g/mol. The van der Waals surface area contributed by atoms with Crippen molar-refractivity contribution in [2.75, 3.05) is 5.32 Å². The quantitative estimate of drug-likeness (QED) is 0.347. The summed E-state index contributed by atoms with van der Waals surface area (Å²) >= 11 is 0. The van der Waals surface area contributed by atoms with Crippen LogP contribution >= 0.6 is 0 Å². The maximum atomic E-state index is 12.8. The first-order valence-corrected chi connectivity index (χ1v) is 10.8. The van der Waals surface area contributed by atoms with Crippen LogP contribution in [0.1, 0.15) is 29.6 Å². The lowest BCUT2D eigenvalue weighted by atomic mass is 9.88. The topological polar surface area (TPSA) is 95.1 Å². The predicted octanol–water partition coefficient (Wildman–Crippen LogP) is 5.66. The number of hydrogen-bond acceptors (Lipinski definition) is 4. The van der Waals surface area contributed by atoms with E-state index in [-0.39, 0.29) is 5.78 Å². The minimum atomic E-state index is -0.867. The fourth-order valence-electron chi connectivity index (χ4n) is 4.51. The van der Waals surface area contributed by atoms with Gasteiger partial charge in [-0.05, 0) is 48.2 Å². The van der Waals surface area contributed by atoms with Gasteiger partial charge in [-0.15, -0.1) is 0 Å². The Kier molecular flexibility index (Phi) is 5.19. The Morgan fingerprint density at radius 3 is 2.22 bits per heavy atom. The van der Waals surface area contributed by atoms with Gasteiger partial charge in [0, 0.05) is 17.2 Å². The van der Waals surface area contributed by atoms with Crippen LogP contribution in [0.15, 0.2) is 72.8 Å². The van der Waals surface area contributed by atoms with Crippen LogP contribution in [0.25, 0.3) is 22.2 Å². The van der Waals surface area contributed by atoms with Gasteiger partial charge in [0.15, 0.2) is 5.78 Å². The number of fused-ring (bicyclic) bond motifs is 1. The summed E-state index contributed by atoms with van der Waals surface area (Å²) < 4.78 is 0. The molecule has 3 aromatic carbocycles. The van der Waals surface area contributed by atoms with Crippen LogP contribution in [0.4, 0.5) is 11.6 Å². The number of nitrogens with one attached hydrogen (secondary N) is 2. The molecule has 2 unspecified atom stereocenters. The summed E-state index contributed by atoms with van der Waals surface area (Å²) in [6.45, 7) is 0. The molecule has 0 spiro atoms. The van der Waals surface area contributed by atoms with Gasteiger partial charge >= 0.3 is 5.97 Å². The SMILES string of the molecule is O=C(O)C1CCCC1C(=O)c1ccc(-c2ccc(Nc3nc4ccccc4[nH]3)cc2)cc1. The molecule has 1 fully saturated rings. The zero-order chi connectivity index (χ0) is 22.1. The third kappa shape index (κ3) is 3.87. The minimum Gasteiger partial charge on any atom is -0.481 e. The van der Waals surface area contributed by atoms with Crippen molar-refractivity contribution >= 4 is 34.4 Å². The zero-order valence-corrected chi connectivity index (χ0v) is 17.4. The van der Waals surface area contributed by atoms with Crippen molar-refractivity contribution in [3.8, 4) is 11.1 Å². The van der Waals surface area contributed by atoms with E-state index in [1.165, 1.54) is 0 Å². The molecule has 0 saturated heterocycles. The fourth-order valence-corrected chi connectivity index (χ4v) is 4.51. The highest BCUT2D eigenvalue weighted by Crippen LogP contribution is 2.35. The number of carbonyl (C=O) groups excluding carboxylic acids is 1. The van der Waals surface area contributed by atoms with Crippen LogP contribution in [0.3, 0.4) is 0 Å². The van der Waals surface area contributed by atoms with E-state index in [0.717, 1.165) is 34.3 Å². The Morgan fingerprint density at radius 2 is 1.53 bits per heavy atom. The van der Waals surface area contributed by atoms with E-state index in [0.29, 0.717) is 24.4 Å². The highest BCUT2D eigenvalue weighted by molar-refractivity contribution is 6.00. The summed E-state index contributed by atoms with van der Waals surface area (Å²) in [5.41, 5.74) is 5.42. The molecule has 6 nitrogen and oxygen atoms in total. The fraction of sp³-hybridized carbons (Fsp3) is 0.192. The van der Waals surface area contributed by atoms with Crippen LogP contribution < -0.4 is 5.32 Å². The van der Waals surface area contributed by atoms with Gasteiger partial charge in [0.1, 0.15) is 0 Å². The second-order valence-electron chi connectivity index (χ2n) is 8.23. The number of rotatable bonds is 6. The number of aromatic amines is 1. The van der Waals surface area contributed by atoms with E-state index in [2.05, 4.69) is 15.3 Å². The molecule has 1 aliphatic carbocycles. The first-order chi connectivity index (χ1) is 15.6. The number of nitrogens with zero attached hydrogens (tertiary/aromatic N) is 1. The van der Waals surface area contributed by atoms with Gasteiger partial charge in [0.05, 0.1) is 17.0 Å². The molecule has 4 aromatic rings. The molecule has 6 heteroatoms. The molecule has 1 aromatic heterocycles. The number of aromatic nitrogens is 2. The number of benzene rings is 3. The molecule has 3 N–H and O–H groups in total. The largest absolute Gasteiger partial charge is 0.481 e. The molecule has 5 rings (SSSR count). The number of imidazole rings is 1. The third-order valence-electron chi connectivity index (χ3n) is 6.21. The van der Waals surface area contributed by atoms with Gasteiger partial charge in [-0.1, -0.05) is 55.0 Å². The van der Waals surface area contributed by atoms with Crippen molar-refractivity contribution in [3.63, 3.8) is 0 Å². The maximum absolute atomic E-state index is 12.8. The van der Waals surface area contributed by atoms with Crippen molar-refractivity contribution in [1.29, 1.82) is 0 Å². The first kappa shape index (κ1) is 20.0. The summed E-state index contributed by atoms with van der Waals surface area (Å²) in [5, 5.41) is 12.6. The average Bonchev–Trinajstić information content (AvgIpc) is 3.46. The summed E-state index contributed by atoms with van der Waals surface area (Å²) in [6, 6.07) is 23.3. The minimum absolute atomic E-state index is 0.0631. The van der Waals surface area contributed by atoms with Crippen LogP contribution in [0.2, 0.25) is 0 Å². The molecule has 0 aliphatic heterocycles. The Labute approximate surface area is 185 Å². The number of carboxylic acids is 1. The molecule has 0 radical (unpaired) electrons. The van der Waals surface area contributed by atoms with Gasteiger partial charge in [0.2, 0.25) is 5.95 Å². The summed E-state index contributed by atoms with van der Waals surface area (Å²) in [7, 11) is 0. The number of aliphatic carboxylic acids is 1. The van der Waals surface area contributed by atoms with E-state index in [4.69, 9.17) is 0 Å². The van der Waals surface area contributed by atoms with Crippen molar-refractivity contribution in [3.05, 3.63) is 78.4 Å². The molecular weight excluding hydrogens is 402 g/mol. The van der Waals surface area contributed by atoms with Gasteiger partial charge in [-0.25, -0.2) is 4.98 Å². The molecule has 1 aliphatic rings. The van der Waals surface area contributed by atoms with E-state index in [1.807, 2.05) is 60.7 Å². The van der Waals surface area contributed by atoms with Crippen molar-refractivity contribution in [2.45, 2.75) is 19.3 Å². The highest BCUT2D eigenvalue weighted by Gasteiger charge is 2.37. The van der Waals surface area contributed by atoms with Gasteiger partial charge < -0.3 is 15.4 Å². The number of H-pyrrole nitrogens is 1. The lowest BCUT2D eigenvalue weighted by molar-refractivity contribution is -0.142. The highest BCUT2D eigenvalue weighted by atomic mass is 16.4. The van der Waals surface area contributed by atoms with E-state index in [9.17, 15) is 14.7 Å². The van der Waals surface area contributed by atoms with E-state index >= 15 is 0 Å². The van der Waals surface area contributed by atoms with Gasteiger partial charge in [-0.2, -0.15) is 0 Å². The smallest absolute Gasteiger partial charge is 0.307 e. The standard InChI is InChI=1S/C26H23N3O3/c30-24(20-4-3-5-21(20)25(31)32)18-10-8-16(9-11-18)17-12-14-19(15-13-17)27-26-28-22-6-1-2-7-23(22)29-26/h1-2,6-15,20-21H,3-5H2,(H,31,32)(H2,27,28,29). The molecule has 160 valence electrons. The Bertz CT molecular complexity index is 1240. The number of hydrogen-bond donors (Lipinski definition) is 3.